The first kappa shape index (κ1) is 8.69. The van der Waals surface area contributed by atoms with E-state index in [0.29, 0.717) is 0 Å². The SMILES string of the molecule is C/C([O-])=N/[n+]1ccc2ccccc2c1. The van der Waals surface area contributed by atoms with E-state index in [1.165, 1.54) is 11.6 Å². The Bertz CT molecular complexity index is 487. The van der Waals surface area contributed by atoms with Crippen molar-refractivity contribution in [2.45, 2.75) is 6.92 Å². The predicted molar refractivity (Wildman–Crippen MR) is 52.7 cm³/mol. The monoisotopic (exact) mass is 186 g/mol. The summed E-state index contributed by atoms with van der Waals surface area (Å²) < 4.78 is 1.53. The van der Waals surface area contributed by atoms with E-state index in [2.05, 4.69) is 5.10 Å². The Labute approximate surface area is 81.9 Å². The van der Waals surface area contributed by atoms with Gasteiger partial charge in [-0.1, -0.05) is 22.9 Å². The van der Waals surface area contributed by atoms with Crippen LogP contribution in [0, 0.1) is 0 Å². The molecule has 0 radical (unpaired) electrons. The summed E-state index contributed by atoms with van der Waals surface area (Å²) in [4.78, 5) is 0. The Morgan fingerprint density at radius 2 is 1.93 bits per heavy atom. The number of hydrogen-bond donors (Lipinski definition) is 0. The second-order valence-electron chi connectivity index (χ2n) is 3.07. The summed E-state index contributed by atoms with van der Waals surface area (Å²) in [6.07, 6.45) is 3.60. The van der Waals surface area contributed by atoms with E-state index in [1.54, 1.807) is 6.20 Å². The Kier molecular flexibility index (Phi) is 2.14. The van der Waals surface area contributed by atoms with Crippen LogP contribution in [0.25, 0.3) is 10.8 Å². The topological polar surface area (TPSA) is 39.3 Å². The molecule has 0 N–H and O–H groups in total. The van der Waals surface area contributed by atoms with Crippen LogP contribution < -0.4 is 9.78 Å². The predicted octanol–water partition coefficient (Wildman–Crippen LogP) is 0.669. The van der Waals surface area contributed by atoms with Crippen molar-refractivity contribution >= 4 is 16.7 Å². The van der Waals surface area contributed by atoms with Gasteiger partial charge in [0.15, 0.2) is 0 Å². The Balaban J connectivity index is 2.57. The maximum atomic E-state index is 10.8. The van der Waals surface area contributed by atoms with Crippen molar-refractivity contribution in [1.29, 1.82) is 0 Å². The third-order valence-electron chi connectivity index (χ3n) is 1.93. The molecule has 2 aromatic rings. The van der Waals surface area contributed by atoms with Gasteiger partial charge in [-0.3, -0.25) is 0 Å². The highest BCUT2D eigenvalue weighted by Gasteiger charge is 1.99. The zero-order valence-corrected chi connectivity index (χ0v) is 7.84. The van der Waals surface area contributed by atoms with Crippen LogP contribution in [0.4, 0.5) is 0 Å². The number of fused-ring (bicyclic) bond motifs is 1. The molecule has 1 aromatic carbocycles. The first-order valence-electron chi connectivity index (χ1n) is 4.38. The van der Waals surface area contributed by atoms with Gasteiger partial charge in [-0.2, -0.15) is 0 Å². The summed E-state index contributed by atoms with van der Waals surface area (Å²) in [5, 5.41) is 16.8. The van der Waals surface area contributed by atoms with Gasteiger partial charge in [-0.25, -0.2) is 0 Å². The molecule has 0 saturated heterocycles. The molecule has 0 fully saturated rings. The summed E-state index contributed by atoms with van der Waals surface area (Å²) in [5.41, 5.74) is 0. The van der Waals surface area contributed by atoms with E-state index >= 15 is 0 Å². The fraction of sp³-hybridized carbons (Fsp3) is 0.0909. The molecular weight excluding hydrogens is 176 g/mol. The van der Waals surface area contributed by atoms with Crippen LogP contribution in [-0.4, -0.2) is 5.90 Å². The first-order valence-corrected chi connectivity index (χ1v) is 4.38. The normalized spacial score (nSPS) is 11.9. The highest BCUT2D eigenvalue weighted by molar-refractivity contribution is 5.80. The van der Waals surface area contributed by atoms with Crippen LogP contribution in [0.2, 0.25) is 0 Å². The summed E-state index contributed by atoms with van der Waals surface area (Å²) in [6, 6.07) is 9.88. The summed E-state index contributed by atoms with van der Waals surface area (Å²) >= 11 is 0. The van der Waals surface area contributed by atoms with Gasteiger partial charge in [0.05, 0.1) is 0 Å². The van der Waals surface area contributed by atoms with Crippen molar-refractivity contribution < 1.29 is 9.78 Å². The molecule has 3 nitrogen and oxygen atoms in total. The maximum absolute atomic E-state index is 10.8. The lowest BCUT2D eigenvalue weighted by Gasteiger charge is -1.97. The van der Waals surface area contributed by atoms with Gasteiger partial charge in [0.2, 0.25) is 12.4 Å². The van der Waals surface area contributed by atoms with Crippen LogP contribution in [0.15, 0.2) is 47.8 Å². The van der Waals surface area contributed by atoms with E-state index in [9.17, 15) is 5.11 Å². The quantitative estimate of drug-likeness (QED) is 0.366. The summed E-state index contributed by atoms with van der Waals surface area (Å²) in [5.74, 6) is -0.203. The minimum absolute atomic E-state index is 0.203. The molecule has 0 atom stereocenters. The summed E-state index contributed by atoms with van der Waals surface area (Å²) in [7, 11) is 0. The standard InChI is InChI=1S/C11H10N2O/c1-9(14)12-13-7-6-10-4-2-3-5-11(10)8-13/h2-8H,1H3. The second-order valence-corrected chi connectivity index (χ2v) is 3.07. The third-order valence-corrected chi connectivity index (χ3v) is 1.93. The highest BCUT2D eigenvalue weighted by atomic mass is 16.3. The molecule has 0 spiro atoms. The zero-order valence-electron chi connectivity index (χ0n) is 7.84. The van der Waals surface area contributed by atoms with Crippen LogP contribution in [-0.2, 0) is 0 Å². The van der Waals surface area contributed by atoms with Crippen molar-refractivity contribution in [3.05, 3.63) is 42.7 Å². The lowest BCUT2D eigenvalue weighted by atomic mass is 10.2. The molecule has 0 aliphatic carbocycles. The Hall–Kier alpha value is -1.90. The molecule has 0 bridgehead atoms. The molecule has 1 heterocycles. The van der Waals surface area contributed by atoms with Crippen molar-refractivity contribution in [2.24, 2.45) is 5.10 Å². The van der Waals surface area contributed by atoms with Gasteiger partial charge in [-0.05, 0) is 23.5 Å². The molecule has 70 valence electrons. The highest BCUT2D eigenvalue weighted by Crippen LogP contribution is 2.09. The minimum Gasteiger partial charge on any atom is -0.858 e. The van der Waals surface area contributed by atoms with Crippen LogP contribution in [0.3, 0.4) is 0 Å². The number of nitrogens with zero attached hydrogens (tertiary/aromatic N) is 2. The van der Waals surface area contributed by atoms with Crippen LogP contribution in [0.5, 0.6) is 0 Å². The smallest absolute Gasteiger partial charge is 0.210 e. The number of aromatic nitrogens is 1. The molecule has 2 rings (SSSR count). The van der Waals surface area contributed by atoms with Gasteiger partial charge in [-0.15, -0.1) is 0 Å². The van der Waals surface area contributed by atoms with E-state index < -0.39 is 0 Å². The maximum Gasteiger partial charge on any atom is 0.210 e. The van der Waals surface area contributed by atoms with E-state index in [4.69, 9.17) is 0 Å². The van der Waals surface area contributed by atoms with Gasteiger partial charge in [0.1, 0.15) is 0 Å². The number of rotatable bonds is 1. The summed E-state index contributed by atoms with van der Waals surface area (Å²) in [6.45, 7) is 1.43. The molecular formula is C11H10N2O. The minimum atomic E-state index is -0.203. The fourth-order valence-electron chi connectivity index (χ4n) is 1.35. The van der Waals surface area contributed by atoms with Crippen LogP contribution >= 0.6 is 0 Å². The van der Waals surface area contributed by atoms with Crippen molar-refractivity contribution in [3.8, 4) is 0 Å². The molecule has 14 heavy (non-hydrogen) atoms. The van der Waals surface area contributed by atoms with Gasteiger partial charge in [0, 0.05) is 17.4 Å². The van der Waals surface area contributed by atoms with Crippen LogP contribution in [0.1, 0.15) is 6.92 Å². The first-order chi connectivity index (χ1) is 6.75. The Morgan fingerprint density at radius 1 is 1.21 bits per heavy atom. The number of hydrogen-bond acceptors (Lipinski definition) is 2. The fourth-order valence-corrected chi connectivity index (χ4v) is 1.35. The molecule has 0 saturated carbocycles. The van der Waals surface area contributed by atoms with Gasteiger partial charge < -0.3 is 5.11 Å². The van der Waals surface area contributed by atoms with E-state index in [1.807, 2.05) is 36.5 Å². The lowest BCUT2D eigenvalue weighted by Crippen LogP contribution is -2.31. The van der Waals surface area contributed by atoms with E-state index in [-0.39, 0.29) is 5.90 Å². The molecule has 0 unspecified atom stereocenters. The second kappa shape index (κ2) is 3.46. The number of benzene rings is 1. The average Bonchev–Trinajstić information content (AvgIpc) is 2.17. The van der Waals surface area contributed by atoms with Crippen molar-refractivity contribution in [2.75, 3.05) is 0 Å². The van der Waals surface area contributed by atoms with Gasteiger partial charge in [0.25, 0.3) is 0 Å². The van der Waals surface area contributed by atoms with E-state index in [0.717, 1.165) is 10.8 Å². The molecule has 3 heteroatoms. The number of pyridine rings is 1. The molecule has 0 amide bonds. The molecule has 1 aromatic heterocycles. The zero-order chi connectivity index (χ0) is 9.97. The third kappa shape index (κ3) is 1.71. The lowest BCUT2D eigenvalue weighted by molar-refractivity contribution is -0.680. The molecule has 0 aliphatic heterocycles. The average molecular weight is 186 g/mol. The largest absolute Gasteiger partial charge is 0.858 e. The van der Waals surface area contributed by atoms with Gasteiger partial charge >= 0.3 is 0 Å². The Morgan fingerprint density at radius 3 is 2.64 bits per heavy atom. The van der Waals surface area contributed by atoms with Crippen molar-refractivity contribution in [3.63, 3.8) is 0 Å². The van der Waals surface area contributed by atoms with Crippen molar-refractivity contribution in [1.82, 2.24) is 0 Å². The molecule has 0 aliphatic rings.